The van der Waals surface area contributed by atoms with Crippen LogP contribution in [0.4, 0.5) is 0 Å². The molecule has 0 bridgehead atoms. The Kier molecular flexibility index (Phi) is 5.33. The second kappa shape index (κ2) is 8.04. The molecule has 0 amide bonds. The fraction of sp³-hybridized carbons (Fsp3) is 0.579. The number of ketones is 1. The summed E-state index contributed by atoms with van der Waals surface area (Å²) in [5, 5.41) is 12.0. The lowest BCUT2D eigenvalue weighted by molar-refractivity contribution is 0.0830. The van der Waals surface area contributed by atoms with Gasteiger partial charge in [0.05, 0.1) is 6.54 Å². The van der Waals surface area contributed by atoms with Crippen LogP contribution in [0, 0.1) is 5.92 Å². The Morgan fingerprint density at radius 2 is 1.96 bits per heavy atom. The fourth-order valence-corrected chi connectivity index (χ4v) is 3.71. The van der Waals surface area contributed by atoms with Gasteiger partial charge in [0, 0.05) is 18.0 Å². The number of hydrogen-bond donors (Lipinski definition) is 0. The normalized spacial score (nSPS) is 17.8. The van der Waals surface area contributed by atoms with Crippen LogP contribution in [0.2, 0.25) is 0 Å². The van der Waals surface area contributed by atoms with Gasteiger partial charge in [-0.2, -0.15) is 0 Å². The molecule has 0 spiro atoms. The molecule has 2 aliphatic rings. The second-order valence-corrected chi connectivity index (χ2v) is 7.09. The van der Waals surface area contributed by atoms with Crippen molar-refractivity contribution in [3.8, 4) is 11.5 Å². The zero-order valence-corrected chi connectivity index (χ0v) is 15.6. The lowest BCUT2D eigenvalue weighted by atomic mass is 9.88. The van der Waals surface area contributed by atoms with Gasteiger partial charge >= 0.3 is 0 Å². The molecule has 0 saturated carbocycles. The fourth-order valence-electron chi connectivity index (χ4n) is 3.71. The first-order valence-corrected chi connectivity index (χ1v) is 9.66. The Morgan fingerprint density at radius 3 is 2.74 bits per heavy atom. The van der Waals surface area contributed by atoms with Crippen LogP contribution >= 0.6 is 0 Å². The predicted molar refractivity (Wildman–Crippen MR) is 97.9 cm³/mol. The summed E-state index contributed by atoms with van der Waals surface area (Å²) in [7, 11) is 0. The van der Waals surface area contributed by atoms with E-state index < -0.39 is 0 Å². The van der Waals surface area contributed by atoms with Crippen LogP contribution in [-0.2, 0) is 13.1 Å². The number of nitrogens with zero attached hydrogens (tertiary/aromatic N) is 5. The Bertz CT molecular complexity index is 798. The first-order chi connectivity index (χ1) is 13.2. The molecule has 0 radical (unpaired) electrons. The molecule has 27 heavy (non-hydrogen) atoms. The molecule has 1 fully saturated rings. The highest BCUT2D eigenvalue weighted by Gasteiger charge is 2.27. The van der Waals surface area contributed by atoms with Gasteiger partial charge < -0.3 is 9.47 Å². The van der Waals surface area contributed by atoms with Crippen LogP contribution in [0.15, 0.2) is 18.2 Å². The number of rotatable bonds is 6. The van der Waals surface area contributed by atoms with E-state index in [0.717, 1.165) is 57.0 Å². The molecule has 8 nitrogen and oxygen atoms in total. The number of carbonyl (C=O) groups is 1. The third kappa shape index (κ3) is 3.95. The van der Waals surface area contributed by atoms with E-state index in [-0.39, 0.29) is 11.7 Å². The highest BCUT2D eigenvalue weighted by atomic mass is 16.6. The molecule has 1 aromatic carbocycles. The first kappa shape index (κ1) is 17.9. The van der Waals surface area contributed by atoms with Crippen LogP contribution in [0.1, 0.15) is 42.4 Å². The lowest BCUT2D eigenvalue weighted by Crippen LogP contribution is -2.36. The Labute approximate surface area is 158 Å². The van der Waals surface area contributed by atoms with Crippen molar-refractivity contribution >= 4 is 5.78 Å². The molecule has 1 aromatic heterocycles. The molecule has 1 saturated heterocycles. The number of piperidine rings is 1. The van der Waals surface area contributed by atoms with E-state index in [9.17, 15) is 4.79 Å². The summed E-state index contributed by atoms with van der Waals surface area (Å²) in [6.07, 6.45) is 2.70. The molecule has 2 aromatic rings. The van der Waals surface area contributed by atoms with Gasteiger partial charge in [-0.1, -0.05) is 6.92 Å². The summed E-state index contributed by atoms with van der Waals surface area (Å²) < 4.78 is 13.0. The highest BCUT2D eigenvalue weighted by molar-refractivity contribution is 5.98. The van der Waals surface area contributed by atoms with Crippen molar-refractivity contribution in [2.24, 2.45) is 5.92 Å². The third-order valence-electron chi connectivity index (χ3n) is 5.19. The minimum absolute atomic E-state index is 0.0513. The van der Waals surface area contributed by atoms with Crippen molar-refractivity contribution in [1.82, 2.24) is 25.1 Å². The summed E-state index contributed by atoms with van der Waals surface area (Å²) >= 11 is 0. The van der Waals surface area contributed by atoms with Crippen molar-refractivity contribution in [3.63, 3.8) is 0 Å². The maximum atomic E-state index is 12.9. The van der Waals surface area contributed by atoms with E-state index in [4.69, 9.17) is 9.47 Å². The summed E-state index contributed by atoms with van der Waals surface area (Å²) in [6, 6.07) is 5.51. The Morgan fingerprint density at radius 1 is 1.19 bits per heavy atom. The van der Waals surface area contributed by atoms with Crippen molar-refractivity contribution in [3.05, 3.63) is 29.6 Å². The van der Waals surface area contributed by atoms with Gasteiger partial charge in [0.1, 0.15) is 13.2 Å². The van der Waals surface area contributed by atoms with Gasteiger partial charge in [-0.05, 0) is 61.0 Å². The SMILES string of the molecule is CCCn1nnnc1CN1CCC(C(=O)c2ccc3c(c2)OCCO3)CC1. The second-order valence-electron chi connectivity index (χ2n) is 7.09. The van der Waals surface area contributed by atoms with Crippen LogP contribution < -0.4 is 9.47 Å². The van der Waals surface area contributed by atoms with Crippen molar-refractivity contribution in [2.75, 3.05) is 26.3 Å². The molecular weight excluding hydrogens is 346 g/mol. The quantitative estimate of drug-likeness (QED) is 0.718. The predicted octanol–water partition coefficient (Wildman–Crippen LogP) is 1.95. The zero-order valence-electron chi connectivity index (χ0n) is 15.6. The average Bonchev–Trinajstić information content (AvgIpc) is 3.15. The zero-order chi connectivity index (χ0) is 18.6. The largest absolute Gasteiger partial charge is 0.486 e. The molecule has 144 valence electrons. The smallest absolute Gasteiger partial charge is 0.166 e. The number of tetrazole rings is 1. The van der Waals surface area contributed by atoms with Gasteiger partial charge in [-0.25, -0.2) is 4.68 Å². The summed E-state index contributed by atoms with van der Waals surface area (Å²) in [6.45, 7) is 6.51. The average molecular weight is 371 g/mol. The van der Waals surface area contributed by atoms with E-state index in [1.165, 1.54) is 0 Å². The van der Waals surface area contributed by atoms with Gasteiger partial charge in [0.25, 0.3) is 0 Å². The number of hydrogen-bond acceptors (Lipinski definition) is 7. The lowest BCUT2D eigenvalue weighted by Gasteiger charge is -2.31. The number of benzene rings is 1. The summed E-state index contributed by atoms with van der Waals surface area (Å²) in [5.74, 6) is 2.54. The van der Waals surface area contributed by atoms with E-state index in [2.05, 4.69) is 27.3 Å². The number of carbonyl (C=O) groups excluding carboxylic acids is 1. The molecule has 0 unspecified atom stereocenters. The maximum absolute atomic E-state index is 12.9. The topological polar surface area (TPSA) is 82.4 Å². The van der Waals surface area contributed by atoms with Gasteiger partial charge in [-0.3, -0.25) is 9.69 Å². The standard InChI is InChI=1S/C19H25N5O3/c1-2-7-24-18(20-21-22-24)13-23-8-5-14(6-9-23)19(25)15-3-4-16-17(12-15)27-11-10-26-16/h3-4,12,14H,2,5-11,13H2,1H3. The van der Waals surface area contributed by atoms with E-state index >= 15 is 0 Å². The number of fused-ring (bicyclic) bond motifs is 1. The van der Waals surface area contributed by atoms with Crippen LogP contribution in [-0.4, -0.2) is 57.2 Å². The van der Waals surface area contributed by atoms with Crippen LogP contribution in [0.3, 0.4) is 0 Å². The van der Waals surface area contributed by atoms with E-state index in [0.29, 0.717) is 24.5 Å². The van der Waals surface area contributed by atoms with Crippen molar-refractivity contribution in [2.45, 2.75) is 39.3 Å². The number of aromatic nitrogens is 4. The number of likely N-dealkylation sites (tertiary alicyclic amines) is 1. The molecular formula is C19H25N5O3. The van der Waals surface area contributed by atoms with Gasteiger partial charge in [-0.15, -0.1) is 5.10 Å². The molecule has 0 atom stereocenters. The minimum Gasteiger partial charge on any atom is -0.486 e. The first-order valence-electron chi connectivity index (χ1n) is 9.66. The number of Topliss-reactive ketones (excluding diaryl/α,β-unsaturated/α-hetero) is 1. The highest BCUT2D eigenvalue weighted by Crippen LogP contribution is 2.32. The minimum atomic E-state index is 0.0513. The molecule has 4 rings (SSSR count). The molecule has 0 N–H and O–H groups in total. The molecule has 0 aliphatic carbocycles. The summed E-state index contributed by atoms with van der Waals surface area (Å²) in [5.41, 5.74) is 0.713. The number of ether oxygens (including phenoxy) is 2. The van der Waals surface area contributed by atoms with Crippen LogP contribution in [0.25, 0.3) is 0 Å². The van der Waals surface area contributed by atoms with E-state index in [1.807, 2.05) is 22.9 Å². The van der Waals surface area contributed by atoms with Crippen molar-refractivity contribution < 1.29 is 14.3 Å². The Hall–Kier alpha value is -2.48. The maximum Gasteiger partial charge on any atom is 0.166 e. The van der Waals surface area contributed by atoms with Crippen molar-refractivity contribution in [1.29, 1.82) is 0 Å². The monoisotopic (exact) mass is 371 g/mol. The van der Waals surface area contributed by atoms with E-state index in [1.54, 1.807) is 0 Å². The Balaban J connectivity index is 1.35. The molecule has 2 aliphatic heterocycles. The van der Waals surface area contributed by atoms with Crippen LogP contribution in [0.5, 0.6) is 11.5 Å². The van der Waals surface area contributed by atoms with Gasteiger partial charge in [0.2, 0.25) is 0 Å². The summed E-state index contributed by atoms with van der Waals surface area (Å²) in [4.78, 5) is 15.2. The third-order valence-corrected chi connectivity index (χ3v) is 5.19. The van der Waals surface area contributed by atoms with Gasteiger partial charge in [0.15, 0.2) is 23.1 Å². The molecule has 3 heterocycles. The number of aryl methyl sites for hydroxylation is 1. The molecule has 8 heteroatoms.